The summed E-state index contributed by atoms with van der Waals surface area (Å²) in [5.74, 6) is 1.93. The number of thioether (sulfide) groups is 1. The van der Waals surface area contributed by atoms with Crippen molar-refractivity contribution in [2.24, 2.45) is 0 Å². The molecule has 2 heterocycles. The quantitative estimate of drug-likeness (QED) is 0.570. The second kappa shape index (κ2) is 5.07. The lowest BCUT2D eigenvalue weighted by molar-refractivity contribution is 0.319. The molecule has 0 radical (unpaired) electrons. The first-order valence-electron chi connectivity index (χ1n) is 6.63. The van der Waals surface area contributed by atoms with E-state index in [0.717, 1.165) is 21.9 Å². The number of nitrogens with zero attached hydrogens (tertiary/aromatic N) is 3. The average molecular weight is 303 g/mol. The van der Waals surface area contributed by atoms with Gasteiger partial charge in [-0.1, -0.05) is 37.7 Å². The zero-order chi connectivity index (χ0) is 15.0. The van der Waals surface area contributed by atoms with Crippen molar-refractivity contribution in [3.63, 3.8) is 0 Å². The van der Waals surface area contributed by atoms with Gasteiger partial charge < -0.3 is 15.2 Å². The number of aromatic nitrogens is 4. The van der Waals surface area contributed by atoms with E-state index in [1.807, 2.05) is 39.0 Å². The number of anilines is 1. The number of rotatable bonds is 3. The van der Waals surface area contributed by atoms with Crippen LogP contribution in [0.15, 0.2) is 27.9 Å². The molecule has 1 aromatic carbocycles. The Hall–Kier alpha value is -2.02. The summed E-state index contributed by atoms with van der Waals surface area (Å²) < 4.78 is 5.27. The maximum atomic E-state index is 5.75. The number of benzene rings is 1. The number of fused-ring (bicyclic) bond motifs is 1. The standard InChI is InChI=1S/C14H17N5OS/c1-14(2,3)12-18-11(19-20-12)7-21-13-16-9-5-4-8(15)6-10(9)17-13/h4-6H,7,15H2,1-3H3,(H,16,17). The number of H-pyrrole nitrogens is 1. The predicted octanol–water partition coefficient (Wildman–Crippen LogP) is 3.12. The number of nitrogen functional groups attached to an aromatic ring is 1. The fraction of sp³-hybridized carbons (Fsp3) is 0.357. The van der Waals surface area contributed by atoms with Crippen LogP contribution in [0.4, 0.5) is 5.69 Å². The molecule has 3 rings (SSSR count). The summed E-state index contributed by atoms with van der Waals surface area (Å²) in [5, 5.41) is 4.81. The molecular formula is C14H17N5OS. The van der Waals surface area contributed by atoms with E-state index < -0.39 is 0 Å². The first kappa shape index (κ1) is 13.9. The Morgan fingerprint density at radius 2 is 2.10 bits per heavy atom. The predicted molar refractivity (Wildman–Crippen MR) is 83.1 cm³/mol. The molecule has 0 atom stereocenters. The molecule has 6 nitrogen and oxygen atoms in total. The summed E-state index contributed by atoms with van der Waals surface area (Å²) >= 11 is 1.54. The fourth-order valence-electron chi connectivity index (χ4n) is 1.82. The number of hydrogen-bond acceptors (Lipinski definition) is 6. The Kier molecular flexibility index (Phi) is 3.36. The normalized spacial score (nSPS) is 12.1. The van der Waals surface area contributed by atoms with Crippen molar-refractivity contribution in [1.82, 2.24) is 20.1 Å². The maximum Gasteiger partial charge on any atom is 0.232 e. The topological polar surface area (TPSA) is 93.6 Å². The molecule has 2 aromatic heterocycles. The van der Waals surface area contributed by atoms with E-state index in [2.05, 4.69) is 20.1 Å². The van der Waals surface area contributed by atoms with E-state index >= 15 is 0 Å². The third-order valence-electron chi connectivity index (χ3n) is 2.93. The number of imidazole rings is 1. The van der Waals surface area contributed by atoms with E-state index in [1.54, 1.807) is 0 Å². The average Bonchev–Trinajstić information content (AvgIpc) is 3.01. The summed E-state index contributed by atoms with van der Waals surface area (Å²) in [6.45, 7) is 6.13. The largest absolute Gasteiger partial charge is 0.399 e. The molecule has 0 spiro atoms. The molecule has 21 heavy (non-hydrogen) atoms. The van der Waals surface area contributed by atoms with Gasteiger partial charge in [-0.05, 0) is 18.2 Å². The number of aromatic amines is 1. The van der Waals surface area contributed by atoms with Crippen molar-refractivity contribution in [2.45, 2.75) is 37.1 Å². The van der Waals surface area contributed by atoms with Crippen molar-refractivity contribution in [1.29, 1.82) is 0 Å². The van der Waals surface area contributed by atoms with Crippen LogP contribution in [0, 0.1) is 0 Å². The molecule has 0 aliphatic carbocycles. The van der Waals surface area contributed by atoms with Crippen LogP contribution in [0.1, 0.15) is 32.5 Å². The zero-order valence-electron chi connectivity index (χ0n) is 12.2. The highest BCUT2D eigenvalue weighted by molar-refractivity contribution is 7.98. The van der Waals surface area contributed by atoms with Crippen LogP contribution in [0.3, 0.4) is 0 Å². The lowest BCUT2D eigenvalue weighted by Gasteiger charge is -2.10. The molecular weight excluding hydrogens is 286 g/mol. The van der Waals surface area contributed by atoms with E-state index in [1.165, 1.54) is 11.8 Å². The van der Waals surface area contributed by atoms with Gasteiger partial charge in [0.1, 0.15) is 0 Å². The second-order valence-electron chi connectivity index (χ2n) is 5.87. The Bertz CT molecular complexity index is 771. The fourth-order valence-corrected chi connectivity index (χ4v) is 2.55. The van der Waals surface area contributed by atoms with E-state index in [-0.39, 0.29) is 5.41 Å². The summed E-state index contributed by atoms with van der Waals surface area (Å²) in [6.07, 6.45) is 0. The van der Waals surface area contributed by atoms with Crippen molar-refractivity contribution < 1.29 is 4.52 Å². The number of nitrogens with two attached hydrogens (primary N) is 1. The molecule has 0 amide bonds. The number of hydrogen-bond donors (Lipinski definition) is 2. The second-order valence-corrected chi connectivity index (χ2v) is 6.84. The van der Waals surface area contributed by atoms with Crippen LogP contribution in [0.2, 0.25) is 0 Å². The van der Waals surface area contributed by atoms with Gasteiger partial charge in [-0.3, -0.25) is 0 Å². The van der Waals surface area contributed by atoms with Gasteiger partial charge in [-0.15, -0.1) is 0 Å². The molecule has 0 saturated heterocycles. The lowest BCUT2D eigenvalue weighted by Crippen LogP contribution is -2.11. The Labute approximate surface area is 126 Å². The highest BCUT2D eigenvalue weighted by Crippen LogP contribution is 2.25. The summed E-state index contributed by atoms with van der Waals surface area (Å²) in [5.41, 5.74) is 8.17. The maximum absolute atomic E-state index is 5.75. The molecule has 0 saturated carbocycles. The molecule has 110 valence electrons. The van der Waals surface area contributed by atoms with Gasteiger partial charge in [0.25, 0.3) is 0 Å². The van der Waals surface area contributed by atoms with E-state index in [0.29, 0.717) is 17.5 Å². The smallest absolute Gasteiger partial charge is 0.232 e. The first-order chi connectivity index (χ1) is 9.91. The first-order valence-corrected chi connectivity index (χ1v) is 7.61. The van der Waals surface area contributed by atoms with Crippen LogP contribution in [0.25, 0.3) is 11.0 Å². The van der Waals surface area contributed by atoms with Crippen LogP contribution >= 0.6 is 11.8 Å². The van der Waals surface area contributed by atoms with Gasteiger partial charge in [0.2, 0.25) is 5.89 Å². The molecule has 0 aliphatic rings. The monoisotopic (exact) mass is 303 g/mol. The highest BCUT2D eigenvalue weighted by atomic mass is 32.2. The Balaban J connectivity index is 1.73. The van der Waals surface area contributed by atoms with Crippen LogP contribution in [0.5, 0.6) is 0 Å². The molecule has 3 N–H and O–H groups in total. The van der Waals surface area contributed by atoms with Gasteiger partial charge in [-0.25, -0.2) is 4.98 Å². The SMILES string of the molecule is CC(C)(C)c1nc(CSc2nc3ccc(N)cc3[nH]2)no1. The summed E-state index contributed by atoms with van der Waals surface area (Å²) in [7, 11) is 0. The third kappa shape index (κ3) is 3.02. The molecule has 0 bridgehead atoms. The molecule has 0 unspecified atom stereocenters. The van der Waals surface area contributed by atoms with Gasteiger partial charge in [-0.2, -0.15) is 4.98 Å². The minimum absolute atomic E-state index is 0.132. The molecule has 3 aromatic rings. The van der Waals surface area contributed by atoms with Crippen LogP contribution in [-0.4, -0.2) is 20.1 Å². The van der Waals surface area contributed by atoms with Gasteiger partial charge in [0.15, 0.2) is 11.0 Å². The van der Waals surface area contributed by atoms with Crippen LogP contribution < -0.4 is 5.73 Å². The summed E-state index contributed by atoms with van der Waals surface area (Å²) in [6, 6.07) is 5.61. The minimum atomic E-state index is -0.132. The van der Waals surface area contributed by atoms with Crippen molar-refractivity contribution >= 4 is 28.5 Å². The highest BCUT2D eigenvalue weighted by Gasteiger charge is 2.21. The molecule has 0 fully saturated rings. The van der Waals surface area contributed by atoms with E-state index in [9.17, 15) is 0 Å². The Morgan fingerprint density at radius 3 is 2.81 bits per heavy atom. The van der Waals surface area contributed by atoms with Crippen molar-refractivity contribution in [2.75, 3.05) is 5.73 Å². The Morgan fingerprint density at radius 1 is 1.29 bits per heavy atom. The zero-order valence-corrected chi connectivity index (χ0v) is 13.0. The minimum Gasteiger partial charge on any atom is -0.399 e. The molecule has 7 heteroatoms. The third-order valence-corrected chi connectivity index (χ3v) is 3.80. The van der Waals surface area contributed by atoms with Gasteiger partial charge in [0.05, 0.1) is 16.8 Å². The lowest BCUT2D eigenvalue weighted by atomic mass is 9.97. The van der Waals surface area contributed by atoms with Gasteiger partial charge >= 0.3 is 0 Å². The van der Waals surface area contributed by atoms with Gasteiger partial charge in [0, 0.05) is 11.1 Å². The van der Waals surface area contributed by atoms with Crippen molar-refractivity contribution in [3.05, 3.63) is 29.9 Å². The number of nitrogens with one attached hydrogen (secondary N) is 1. The van der Waals surface area contributed by atoms with Crippen LogP contribution in [-0.2, 0) is 11.2 Å². The molecule has 0 aliphatic heterocycles. The van der Waals surface area contributed by atoms with Crippen molar-refractivity contribution in [3.8, 4) is 0 Å². The van der Waals surface area contributed by atoms with E-state index in [4.69, 9.17) is 10.3 Å². The summed E-state index contributed by atoms with van der Waals surface area (Å²) in [4.78, 5) is 12.1.